The maximum Gasteiger partial charge on any atom is 0.235 e. The number of aromatic nitrogens is 1. The number of phenolic OH excluding ortho intramolecular Hbond substituents is 1. The van der Waals surface area contributed by atoms with E-state index in [1.807, 2.05) is 0 Å². The molecule has 1 aromatic carbocycles. The maximum absolute atomic E-state index is 13.6. The number of ketones is 4. The van der Waals surface area contributed by atoms with Crippen molar-refractivity contribution >= 4 is 29.0 Å². The molecule has 5 rings (SSSR count). The van der Waals surface area contributed by atoms with Crippen LogP contribution in [0.15, 0.2) is 16.7 Å². The van der Waals surface area contributed by atoms with Gasteiger partial charge in [0.05, 0.1) is 17.2 Å². The summed E-state index contributed by atoms with van der Waals surface area (Å²) in [5.74, 6) is -9.80. The summed E-state index contributed by atoms with van der Waals surface area (Å²) in [6.07, 6.45) is -0.139. The molecule has 34 heavy (non-hydrogen) atoms. The Morgan fingerprint density at radius 3 is 2.44 bits per heavy atom. The number of rotatable bonds is 2. The van der Waals surface area contributed by atoms with E-state index in [-0.39, 0.29) is 30.6 Å². The van der Waals surface area contributed by atoms with Gasteiger partial charge in [-0.15, -0.1) is 0 Å². The first-order chi connectivity index (χ1) is 16.0. The van der Waals surface area contributed by atoms with Crippen LogP contribution in [0.4, 0.5) is 0 Å². The number of Topliss-reactive ketones (excluding diaryl/α,β-unsaturated/α-hetero) is 4. The SMILES string of the molecule is Cc1noc(C)c1-c1ccc(O)c2c1C[C@H]1C[C@H]3CC(=O)C(C(N)=O)C(=O)[C@@]3(O)C(=O)C1C2=O. The van der Waals surface area contributed by atoms with Crippen molar-refractivity contribution in [3.05, 3.63) is 34.7 Å². The van der Waals surface area contributed by atoms with Crippen LogP contribution in [0.5, 0.6) is 5.75 Å². The minimum atomic E-state index is -2.66. The molecule has 1 aromatic heterocycles. The number of carbonyl (C=O) groups excluding carboxylic acids is 5. The van der Waals surface area contributed by atoms with Gasteiger partial charge in [-0.3, -0.25) is 24.0 Å². The monoisotopic (exact) mass is 466 g/mol. The van der Waals surface area contributed by atoms with Crippen molar-refractivity contribution in [3.63, 3.8) is 0 Å². The quantitative estimate of drug-likeness (QED) is 0.534. The normalized spacial score (nSPS) is 30.6. The first-order valence-corrected chi connectivity index (χ1v) is 10.9. The molecule has 1 amide bonds. The number of hydrogen-bond donors (Lipinski definition) is 3. The summed E-state index contributed by atoms with van der Waals surface area (Å²) in [5.41, 5.74) is 4.89. The van der Waals surface area contributed by atoms with Gasteiger partial charge in [0.1, 0.15) is 11.5 Å². The van der Waals surface area contributed by atoms with E-state index >= 15 is 0 Å². The molecule has 2 saturated carbocycles. The highest BCUT2D eigenvalue weighted by molar-refractivity contribution is 6.31. The summed E-state index contributed by atoms with van der Waals surface area (Å²) in [5, 5.41) is 25.7. The van der Waals surface area contributed by atoms with E-state index in [0.717, 1.165) is 0 Å². The van der Waals surface area contributed by atoms with Crippen molar-refractivity contribution in [1.82, 2.24) is 5.16 Å². The van der Waals surface area contributed by atoms with Crippen molar-refractivity contribution in [2.24, 2.45) is 29.4 Å². The van der Waals surface area contributed by atoms with Crippen LogP contribution in [-0.2, 0) is 25.6 Å². The van der Waals surface area contributed by atoms with Crippen molar-refractivity contribution in [2.75, 3.05) is 0 Å². The summed E-state index contributed by atoms with van der Waals surface area (Å²) in [6, 6.07) is 3.00. The number of aromatic hydroxyl groups is 1. The van der Waals surface area contributed by atoms with E-state index in [0.29, 0.717) is 28.1 Å². The summed E-state index contributed by atoms with van der Waals surface area (Å²) in [6.45, 7) is 3.47. The van der Waals surface area contributed by atoms with Crippen LogP contribution in [0.3, 0.4) is 0 Å². The average Bonchev–Trinajstić information content (AvgIpc) is 3.08. The Morgan fingerprint density at radius 1 is 1.12 bits per heavy atom. The number of aliphatic hydroxyl groups is 1. The van der Waals surface area contributed by atoms with Gasteiger partial charge in [-0.1, -0.05) is 11.2 Å². The number of fused-ring (bicyclic) bond motifs is 3. The molecule has 2 unspecified atom stereocenters. The van der Waals surface area contributed by atoms with Gasteiger partial charge in [-0.05, 0) is 49.8 Å². The van der Waals surface area contributed by atoms with Gasteiger partial charge in [0.25, 0.3) is 0 Å². The fourth-order valence-corrected chi connectivity index (χ4v) is 6.07. The largest absolute Gasteiger partial charge is 0.507 e. The van der Waals surface area contributed by atoms with Crippen LogP contribution in [-0.4, -0.2) is 50.0 Å². The molecule has 5 atom stereocenters. The van der Waals surface area contributed by atoms with Gasteiger partial charge in [0.15, 0.2) is 34.7 Å². The third-order valence-electron chi connectivity index (χ3n) is 7.59. The summed E-state index contributed by atoms with van der Waals surface area (Å²) < 4.78 is 5.26. The van der Waals surface area contributed by atoms with E-state index in [1.54, 1.807) is 19.9 Å². The number of aryl methyl sites for hydroxylation is 2. The van der Waals surface area contributed by atoms with E-state index in [1.165, 1.54) is 6.07 Å². The van der Waals surface area contributed by atoms with Gasteiger partial charge < -0.3 is 20.5 Å². The van der Waals surface area contributed by atoms with Crippen molar-refractivity contribution in [2.45, 2.75) is 38.7 Å². The van der Waals surface area contributed by atoms with E-state index in [9.17, 15) is 34.2 Å². The van der Waals surface area contributed by atoms with Gasteiger partial charge in [-0.2, -0.15) is 0 Å². The topological polar surface area (TPSA) is 178 Å². The van der Waals surface area contributed by atoms with Gasteiger partial charge in [0, 0.05) is 17.9 Å². The zero-order valence-corrected chi connectivity index (χ0v) is 18.5. The number of nitrogens with two attached hydrogens (primary N) is 1. The minimum Gasteiger partial charge on any atom is -0.507 e. The Kier molecular flexibility index (Phi) is 4.67. The Hall–Kier alpha value is -3.66. The Bertz CT molecular complexity index is 1300. The second-order valence-electron chi connectivity index (χ2n) is 9.42. The van der Waals surface area contributed by atoms with Crippen molar-refractivity contribution in [1.29, 1.82) is 0 Å². The summed E-state index contributed by atoms with van der Waals surface area (Å²) in [4.78, 5) is 64.2. The summed E-state index contributed by atoms with van der Waals surface area (Å²) in [7, 11) is 0. The molecule has 10 nitrogen and oxygen atoms in total. The smallest absolute Gasteiger partial charge is 0.235 e. The molecule has 2 aromatic rings. The van der Waals surface area contributed by atoms with E-state index in [2.05, 4.69) is 5.16 Å². The highest BCUT2D eigenvalue weighted by Gasteiger charge is 2.66. The lowest BCUT2D eigenvalue weighted by Crippen LogP contribution is -2.68. The zero-order chi connectivity index (χ0) is 24.7. The highest BCUT2D eigenvalue weighted by atomic mass is 16.5. The molecule has 0 aliphatic heterocycles. The lowest BCUT2D eigenvalue weighted by Gasteiger charge is -2.48. The standard InChI is InChI=1S/C24H22N2O8/c1-8-16(9(2)34-26-8)12-3-4-14(27)18-13(12)6-10-5-11-7-15(28)19(23(25)32)22(31)24(11,33)21(30)17(10)20(18)29/h3-4,10-11,17,19,27,33H,5-7H2,1-2H3,(H2,25,32)/t10-,11+,17?,19?,24+/m1/s1. The van der Waals surface area contributed by atoms with Crippen LogP contribution in [0.1, 0.15) is 40.2 Å². The number of carbonyl (C=O) groups is 5. The molecule has 1 heterocycles. The molecule has 0 saturated heterocycles. The Morgan fingerprint density at radius 2 is 1.82 bits per heavy atom. The fraction of sp³-hybridized carbons (Fsp3) is 0.417. The molecular weight excluding hydrogens is 444 g/mol. The first-order valence-electron chi connectivity index (χ1n) is 10.9. The summed E-state index contributed by atoms with van der Waals surface area (Å²) >= 11 is 0. The average molecular weight is 466 g/mol. The van der Waals surface area contributed by atoms with Crippen LogP contribution in [0.2, 0.25) is 0 Å². The third kappa shape index (κ3) is 2.71. The molecule has 0 spiro atoms. The minimum absolute atomic E-state index is 0.0394. The fourth-order valence-electron chi connectivity index (χ4n) is 6.07. The highest BCUT2D eigenvalue weighted by Crippen LogP contribution is 2.51. The van der Waals surface area contributed by atoms with E-state index < -0.39 is 58.3 Å². The third-order valence-corrected chi connectivity index (χ3v) is 7.59. The maximum atomic E-state index is 13.6. The molecule has 4 N–H and O–H groups in total. The van der Waals surface area contributed by atoms with Crippen molar-refractivity contribution in [3.8, 4) is 16.9 Å². The number of benzene rings is 1. The lowest BCUT2D eigenvalue weighted by atomic mass is 9.53. The van der Waals surface area contributed by atoms with Crippen LogP contribution < -0.4 is 5.73 Å². The number of phenols is 1. The molecule has 0 bridgehead atoms. The Balaban J connectivity index is 1.64. The number of amides is 1. The Labute approximate surface area is 193 Å². The molecule has 3 aliphatic rings. The molecule has 176 valence electrons. The van der Waals surface area contributed by atoms with Crippen LogP contribution in [0.25, 0.3) is 11.1 Å². The molecule has 10 heteroatoms. The second kappa shape index (κ2) is 7.17. The molecule has 2 fully saturated rings. The van der Waals surface area contributed by atoms with Crippen LogP contribution in [0, 0.1) is 37.5 Å². The van der Waals surface area contributed by atoms with Gasteiger partial charge >= 0.3 is 0 Å². The number of primary amides is 1. The number of hydrogen-bond acceptors (Lipinski definition) is 9. The zero-order valence-electron chi connectivity index (χ0n) is 18.5. The van der Waals surface area contributed by atoms with Gasteiger partial charge in [0.2, 0.25) is 5.91 Å². The van der Waals surface area contributed by atoms with E-state index in [4.69, 9.17) is 10.3 Å². The molecule has 3 aliphatic carbocycles. The predicted molar refractivity (Wildman–Crippen MR) is 113 cm³/mol. The predicted octanol–water partition coefficient (Wildman–Crippen LogP) is 0.599. The van der Waals surface area contributed by atoms with Gasteiger partial charge in [-0.25, -0.2) is 0 Å². The molecular formula is C24H22N2O8. The van der Waals surface area contributed by atoms with Crippen molar-refractivity contribution < 1.29 is 38.7 Å². The van der Waals surface area contributed by atoms with Crippen LogP contribution >= 0.6 is 0 Å². The first kappa shape index (κ1) is 22.1. The molecule has 0 radical (unpaired) electrons. The number of nitrogens with zero attached hydrogens (tertiary/aromatic N) is 1. The lowest BCUT2D eigenvalue weighted by molar-refractivity contribution is -0.175. The second-order valence-corrected chi connectivity index (χ2v) is 9.42.